The van der Waals surface area contributed by atoms with Crippen LogP contribution in [0.2, 0.25) is 0 Å². The van der Waals surface area contributed by atoms with Crippen LogP contribution in [0.3, 0.4) is 0 Å². The van der Waals surface area contributed by atoms with E-state index in [0.29, 0.717) is 19.1 Å². The molecule has 1 aliphatic rings. The van der Waals surface area contributed by atoms with Crippen LogP contribution in [0.4, 0.5) is 0 Å². The smallest absolute Gasteiger partial charge is 0.119 e. The maximum atomic E-state index is 5.80. The van der Waals surface area contributed by atoms with Crippen molar-refractivity contribution in [1.29, 1.82) is 0 Å². The minimum absolute atomic E-state index is 0.111. The first-order valence-electron chi connectivity index (χ1n) is 6.24. The fourth-order valence-electron chi connectivity index (χ4n) is 2.33. The van der Waals surface area contributed by atoms with Gasteiger partial charge in [0.2, 0.25) is 0 Å². The van der Waals surface area contributed by atoms with Crippen LogP contribution in [-0.2, 0) is 10.2 Å². The molecule has 94 valence electrons. The average molecular weight is 235 g/mol. The predicted octanol–water partition coefficient (Wildman–Crippen LogP) is 1.95. The van der Waals surface area contributed by atoms with Gasteiger partial charge in [-0.25, -0.2) is 0 Å². The summed E-state index contributed by atoms with van der Waals surface area (Å²) in [5.41, 5.74) is 7.22. The highest BCUT2D eigenvalue weighted by molar-refractivity contribution is 5.34. The molecule has 1 fully saturated rings. The molecule has 0 saturated carbocycles. The third-order valence-electron chi connectivity index (χ3n) is 3.76. The Hall–Kier alpha value is -1.06. The molecule has 0 spiro atoms. The quantitative estimate of drug-likeness (QED) is 0.848. The third kappa shape index (κ3) is 2.17. The van der Waals surface area contributed by atoms with Crippen molar-refractivity contribution in [2.45, 2.75) is 19.3 Å². The van der Waals surface area contributed by atoms with E-state index in [1.165, 1.54) is 5.56 Å². The van der Waals surface area contributed by atoms with Crippen LogP contribution in [0.15, 0.2) is 24.3 Å². The van der Waals surface area contributed by atoms with Gasteiger partial charge in [-0.15, -0.1) is 0 Å². The molecule has 17 heavy (non-hydrogen) atoms. The van der Waals surface area contributed by atoms with Crippen molar-refractivity contribution in [2.75, 3.05) is 26.4 Å². The molecule has 1 heterocycles. The minimum Gasteiger partial charge on any atom is -0.494 e. The lowest BCUT2D eigenvalue weighted by Gasteiger charge is -2.46. The fourth-order valence-corrected chi connectivity index (χ4v) is 2.33. The lowest BCUT2D eigenvalue weighted by Crippen LogP contribution is -2.53. The number of nitrogens with two attached hydrogens (primary N) is 1. The number of hydrogen-bond donors (Lipinski definition) is 1. The summed E-state index contributed by atoms with van der Waals surface area (Å²) in [6.07, 6.45) is 0. The van der Waals surface area contributed by atoms with Crippen molar-refractivity contribution in [3.05, 3.63) is 29.8 Å². The van der Waals surface area contributed by atoms with E-state index in [1.807, 2.05) is 19.1 Å². The van der Waals surface area contributed by atoms with E-state index in [2.05, 4.69) is 19.1 Å². The Morgan fingerprint density at radius 3 is 2.41 bits per heavy atom. The van der Waals surface area contributed by atoms with Gasteiger partial charge in [-0.3, -0.25) is 0 Å². The van der Waals surface area contributed by atoms with Gasteiger partial charge in [0, 0.05) is 5.41 Å². The zero-order chi connectivity index (χ0) is 12.3. The SMILES string of the molecule is CCOc1ccc(C2(C(C)CN)COC2)cc1. The zero-order valence-corrected chi connectivity index (χ0v) is 10.6. The molecule has 1 atom stereocenters. The van der Waals surface area contributed by atoms with Crippen LogP contribution in [-0.4, -0.2) is 26.4 Å². The van der Waals surface area contributed by atoms with E-state index < -0.39 is 0 Å². The summed E-state index contributed by atoms with van der Waals surface area (Å²) in [4.78, 5) is 0. The predicted molar refractivity (Wildman–Crippen MR) is 68.3 cm³/mol. The van der Waals surface area contributed by atoms with Gasteiger partial charge in [0.15, 0.2) is 0 Å². The molecular formula is C14H21NO2. The van der Waals surface area contributed by atoms with Crippen molar-refractivity contribution in [1.82, 2.24) is 0 Å². The van der Waals surface area contributed by atoms with Gasteiger partial charge in [0.05, 0.1) is 19.8 Å². The van der Waals surface area contributed by atoms with E-state index in [9.17, 15) is 0 Å². The second-order valence-corrected chi connectivity index (χ2v) is 4.74. The Kier molecular flexibility index (Phi) is 3.69. The summed E-state index contributed by atoms with van der Waals surface area (Å²) < 4.78 is 10.9. The largest absolute Gasteiger partial charge is 0.494 e. The summed E-state index contributed by atoms with van der Waals surface area (Å²) in [7, 11) is 0. The van der Waals surface area contributed by atoms with Gasteiger partial charge in [-0.05, 0) is 37.1 Å². The van der Waals surface area contributed by atoms with Crippen molar-refractivity contribution in [3.63, 3.8) is 0 Å². The van der Waals surface area contributed by atoms with Crippen molar-refractivity contribution >= 4 is 0 Å². The van der Waals surface area contributed by atoms with Crippen LogP contribution < -0.4 is 10.5 Å². The van der Waals surface area contributed by atoms with Crippen LogP contribution >= 0.6 is 0 Å². The first-order chi connectivity index (χ1) is 8.23. The van der Waals surface area contributed by atoms with E-state index in [4.69, 9.17) is 15.2 Å². The molecular weight excluding hydrogens is 214 g/mol. The van der Waals surface area contributed by atoms with Crippen LogP contribution in [0.5, 0.6) is 5.75 Å². The van der Waals surface area contributed by atoms with Gasteiger partial charge in [0.1, 0.15) is 5.75 Å². The van der Waals surface area contributed by atoms with Crippen molar-refractivity contribution in [2.24, 2.45) is 11.7 Å². The Balaban J connectivity index is 2.20. The average Bonchev–Trinajstić information content (AvgIpc) is 2.30. The Morgan fingerprint density at radius 1 is 1.35 bits per heavy atom. The zero-order valence-electron chi connectivity index (χ0n) is 10.6. The van der Waals surface area contributed by atoms with Crippen molar-refractivity contribution in [3.8, 4) is 5.75 Å². The second-order valence-electron chi connectivity index (χ2n) is 4.74. The Bertz CT molecular complexity index is 357. The number of ether oxygens (including phenoxy) is 2. The first-order valence-corrected chi connectivity index (χ1v) is 6.24. The molecule has 0 amide bonds. The standard InChI is InChI=1S/C14H21NO2/c1-3-17-13-6-4-12(5-7-13)14(9-16-10-14)11(2)8-15/h4-7,11H,3,8-10,15H2,1-2H3. The number of hydrogen-bond acceptors (Lipinski definition) is 3. The highest BCUT2D eigenvalue weighted by atomic mass is 16.5. The van der Waals surface area contributed by atoms with Crippen LogP contribution in [0.25, 0.3) is 0 Å². The van der Waals surface area contributed by atoms with Gasteiger partial charge < -0.3 is 15.2 Å². The highest BCUT2D eigenvalue weighted by Gasteiger charge is 2.44. The molecule has 3 nitrogen and oxygen atoms in total. The van der Waals surface area contributed by atoms with E-state index >= 15 is 0 Å². The van der Waals surface area contributed by atoms with Gasteiger partial charge in [-0.2, -0.15) is 0 Å². The summed E-state index contributed by atoms with van der Waals surface area (Å²) in [6.45, 7) is 7.13. The molecule has 0 aliphatic carbocycles. The molecule has 1 aromatic rings. The summed E-state index contributed by atoms with van der Waals surface area (Å²) in [6, 6.07) is 8.34. The van der Waals surface area contributed by atoms with Gasteiger partial charge in [0.25, 0.3) is 0 Å². The molecule has 0 radical (unpaired) electrons. The molecule has 1 unspecified atom stereocenters. The first kappa shape index (κ1) is 12.4. The molecule has 1 aromatic carbocycles. The third-order valence-corrected chi connectivity index (χ3v) is 3.76. The number of rotatable bonds is 5. The minimum atomic E-state index is 0.111. The Morgan fingerprint density at radius 2 is 2.00 bits per heavy atom. The molecule has 0 aromatic heterocycles. The molecule has 1 aliphatic heterocycles. The topological polar surface area (TPSA) is 44.5 Å². The van der Waals surface area contributed by atoms with Crippen LogP contribution in [0.1, 0.15) is 19.4 Å². The maximum Gasteiger partial charge on any atom is 0.119 e. The van der Waals surface area contributed by atoms with E-state index in [1.54, 1.807) is 0 Å². The van der Waals surface area contributed by atoms with Gasteiger partial charge in [-0.1, -0.05) is 19.1 Å². The molecule has 1 saturated heterocycles. The monoisotopic (exact) mass is 235 g/mol. The van der Waals surface area contributed by atoms with Gasteiger partial charge >= 0.3 is 0 Å². The molecule has 2 N–H and O–H groups in total. The lowest BCUT2D eigenvalue weighted by molar-refractivity contribution is -0.0854. The summed E-state index contributed by atoms with van der Waals surface area (Å²) in [5.74, 6) is 1.36. The van der Waals surface area contributed by atoms with E-state index in [0.717, 1.165) is 19.0 Å². The second kappa shape index (κ2) is 5.07. The number of benzene rings is 1. The normalized spacial score (nSPS) is 19.5. The summed E-state index contributed by atoms with van der Waals surface area (Å²) >= 11 is 0. The van der Waals surface area contributed by atoms with E-state index in [-0.39, 0.29) is 5.41 Å². The molecule has 2 rings (SSSR count). The molecule has 0 bridgehead atoms. The lowest BCUT2D eigenvalue weighted by atomic mass is 9.69. The fraction of sp³-hybridized carbons (Fsp3) is 0.571. The Labute approximate surface area is 103 Å². The highest BCUT2D eigenvalue weighted by Crippen LogP contribution is 2.39. The van der Waals surface area contributed by atoms with Crippen LogP contribution in [0, 0.1) is 5.92 Å². The maximum absolute atomic E-state index is 5.80. The summed E-state index contributed by atoms with van der Waals surface area (Å²) in [5, 5.41) is 0. The molecule has 3 heteroatoms. The van der Waals surface area contributed by atoms with Crippen molar-refractivity contribution < 1.29 is 9.47 Å².